The highest BCUT2D eigenvalue weighted by atomic mass is 19.3. The predicted octanol–water partition coefficient (Wildman–Crippen LogP) is 1.36. The van der Waals surface area contributed by atoms with E-state index in [1.54, 1.807) is 0 Å². The summed E-state index contributed by atoms with van der Waals surface area (Å²) in [6.07, 6.45) is -2.16. The van der Waals surface area contributed by atoms with Crippen LogP contribution in [0.2, 0.25) is 0 Å². The fourth-order valence-electron chi connectivity index (χ4n) is 1.22. The Bertz CT molecular complexity index is 475. The van der Waals surface area contributed by atoms with Crippen molar-refractivity contribution in [2.75, 3.05) is 0 Å². The number of carbonyl (C=O) groups is 2. The molecule has 2 N–H and O–H groups in total. The summed E-state index contributed by atoms with van der Waals surface area (Å²) < 4.78 is 41.1. The lowest BCUT2D eigenvalue weighted by atomic mass is 10.0. The summed E-state index contributed by atoms with van der Waals surface area (Å²) in [5.41, 5.74) is -1.21. The number of hydrogen-bond donors (Lipinski definition) is 2. The lowest BCUT2D eigenvalue weighted by Crippen LogP contribution is -2.14. The van der Waals surface area contributed by atoms with E-state index in [0.717, 1.165) is 0 Å². The molecule has 18 heavy (non-hydrogen) atoms. The van der Waals surface area contributed by atoms with E-state index in [4.69, 9.17) is 5.11 Å². The van der Waals surface area contributed by atoms with Crippen LogP contribution in [-0.4, -0.2) is 29.1 Å². The molecule has 1 rings (SSSR count). The standard InChI is InChI=1S/C10H7F3O5/c11-6-2-7(18-10(12)13)5(1-4(6)3-14)8(15)9(16)17/h1-3,8,10,15H,(H,16,17). The largest absolute Gasteiger partial charge is 0.479 e. The number of aliphatic carboxylic acids is 1. The topological polar surface area (TPSA) is 83.8 Å². The maximum Gasteiger partial charge on any atom is 0.387 e. The number of carboxylic acid groups (broad SMARTS) is 1. The molecule has 5 nitrogen and oxygen atoms in total. The molecule has 0 saturated carbocycles. The van der Waals surface area contributed by atoms with Crippen LogP contribution in [0.5, 0.6) is 5.75 Å². The molecule has 0 aliphatic carbocycles. The predicted molar refractivity (Wildman–Crippen MR) is 51.0 cm³/mol. The minimum atomic E-state index is -3.33. The van der Waals surface area contributed by atoms with Crippen LogP contribution in [0.25, 0.3) is 0 Å². The van der Waals surface area contributed by atoms with Crippen molar-refractivity contribution in [3.63, 3.8) is 0 Å². The van der Waals surface area contributed by atoms with Crippen LogP contribution in [-0.2, 0) is 4.79 Å². The van der Waals surface area contributed by atoms with Crippen LogP contribution in [0.3, 0.4) is 0 Å². The van der Waals surface area contributed by atoms with Crippen LogP contribution < -0.4 is 4.74 Å². The molecule has 0 aliphatic rings. The number of hydrogen-bond acceptors (Lipinski definition) is 4. The Morgan fingerprint density at radius 1 is 1.39 bits per heavy atom. The van der Waals surface area contributed by atoms with E-state index in [1.165, 1.54) is 0 Å². The van der Waals surface area contributed by atoms with Gasteiger partial charge in [0.25, 0.3) is 0 Å². The summed E-state index contributed by atoms with van der Waals surface area (Å²) >= 11 is 0. The first kappa shape index (κ1) is 14.0. The molecule has 0 saturated heterocycles. The molecule has 1 atom stereocenters. The number of carboxylic acids is 1. The lowest BCUT2D eigenvalue weighted by Gasteiger charge is -2.14. The minimum Gasteiger partial charge on any atom is -0.479 e. The van der Waals surface area contributed by atoms with E-state index < -0.39 is 41.4 Å². The SMILES string of the molecule is O=Cc1cc(C(O)C(=O)O)c(OC(F)F)cc1F. The molecule has 1 aromatic rings. The first-order valence-electron chi connectivity index (χ1n) is 4.51. The van der Waals surface area contributed by atoms with Crippen molar-refractivity contribution < 1.29 is 37.7 Å². The lowest BCUT2D eigenvalue weighted by molar-refractivity contribution is -0.147. The van der Waals surface area contributed by atoms with Crippen LogP contribution >= 0.6 is 0 Å². The zero-order valence-electron chi connectivity index (χ0n) is 8.64. The van der Waals surface area contributed by atoms with Crippen molar-refractivity contribution in [1.82, 2.24) is 0 Å². The van der Waals surface area contributed by atoms with Crippen molar-refractivity contribution in [2.24, 2.45) is 0 Å². The van der Waals surface area contributed by atoms with Gasteiger partial charge in [0.05, 0.1) is 5.56 Å². The molecule has 0 amide bonds. The van der Waals surface area contributed by atoms with Crippen molar-refractivity contribution in [3.8, 4) is 5.75 Å². The first-order chi connectivity index (χ1) is 8.36. The molecule has 0 bridgehead atoms. The summed E-state index contributed by atoms with van der Waals surface area (Å²) in [6.45, 7) is -3.33. The van der Waals surface area contributed by atoms with Gasteiger partial charge in [-0.15, -0.1) is 0 Å². The molecule has 1 unspecified atom stereocenters. The molecule has 8 heteroatoms. The summed E-state index contributed by atoms with van der Waals surface area (Å²) in [6, 6.07) is 1.05. The maximum atomic E-state index is 13.2. The Kier molecular flexibility index (Phi) is 4.27. The number of aliphatic hydroxyl groups excluding tert-OH is 1. The number of rotatable bonds is 5. The number of halogens is 3. The third-order valence-electron chi connectivity index (χ3n) is 2.00. The Balaban J connectivity index is 3.33. The minimum absolute atomic E-state index is 0.0551. The smallest absolute Gasteiger partial charge is 0.387 e. The van der Waals surface area contributed by atoms with Gasteiger partial charge in [-0.1, -0.05) is 0 Å². The molecule has 1 aromatic carbocycles. The zero-order chi connectivity index (χ0) is 13.9. The average Bonchev–Trinajstić information content (AvgIpc) is 2.27. The number of aliphatic hydroxyl groups is 1. The fraction of sp³-hybridized carbons (Fsp3) is 0.200. The zero-order valence-corrected chi connectivity index (χ0v) is 8.64. The molecule has 0 aliphatic heterocycles. The van der Waals surface area contributed by atoms with E-state index in [-0.39, 0.29) is 6.29 Å². The van der Waals surface area contributed by atoms with Crippen molar-refractivity contribution in [1.29, 1.82) is 0 Å². The number of alkyl halides is 2. The number of ether oxygens (including phenoxy) is 1. The highest BCUT2D eigenvalue weighted by Gasteiger charge is 2.24. The number of benzene rings is 1. The van der Waals surface area contributed by atoms with Gasteiger partial charge in [-0.3, -0.25) is 4.79 Å². The van der Waals surface area contributed by atoms with Gasteiger partial charge in [0.1, 0.15) is 11.6 Å². The molecule has 0 aromatic heterocycles. The average molecular weight is 264 g/mol. The van der Waals surface area contributed by atoms with Crippen LogP contribution in [0, 0.1) is 5.82 Å². The van der Waals surface area contributed by atoms with Crippen molar-refractivity contribution >= 4 is 12.3 Å². The third-order valence-corrected chi connectivity index (χ3v) is 2.00. The third kappa shape index (κ3) is 2.98. The van der Waals surface area contributed by atoms with E-state index in [1.807, 2.05) is 0 Å². The second-order valence-electron chi connectivity index (χ2n) is 3.15. The summed E-state index contributed by atoms with van der Waals surface area (Å²) in [5.74, 6) is -3.76. The molecule has 0 spiro atoms. The molecule has 98 valence electrons. The van der Waals surface area contributed by atoms with E-state index in [0.29, 0.717) is 12.1 Å². The van der Waals surface area contributed by atoms with Crippen LogP contribution in [0.1, 0.15) is 22.0 Å². The fourth-order valence-corrected chi connectivity index (χ4v) is 1.22. The summed E-state index contributed by atoms with van der Waals surface area (Å²) in [7, 11) is 0. The number of aldehydes is 1. The molecular weight excluding hydrogens is 257 g/mol. The molecule has 0 fully saturated rings. The summed E-state index contributed by atoms with van der Waals surface area (Å²) in [4.78, 5) is 21.0. The van der Waals surface area contributed by atoms with Gasteiger partial charge in [0.15, 0.2) is 12.4 Å². The van der Waals surface area contributed by atoms with Gasteiger partial charge in [-0.2, -0.15) is 8.78 Å². The van der Waals surface area contributed by atoms with Crippen molar-refractivity contribution in [3.05, 3.63) is 29.1 Å². The maximum absolute atomic E-state index is 13.2. The highest BCUT2D eigenvalue weighted by Crippen LogP contribution is 2.29. The Labute approximate surface area is 98.4 Å². The quantitative estimate of drug-likeness (QED) is 0.784. The number of carbonyl (C=O) groups excluding carboxylic acids is 1. The van der Waals surface area contributed by atoms with Crippen LogP contribution in [0.4, 0.5) is 13.2 Å². The van der Waals surface area contributed by atoms with E-state index in [2.05, 4.69) is 4.74 Å². The van der Waals surface area contributed by atoms with E-state index >= 15 is 0 Å². The molecule has 0 heterocycles. The van der Waals surface area contributed by atoms with Gasteiger partial charge in [-0.25, -0.2) is 9.18 Å². The molecular formula is C10H7F3O5. The highest BCUT2D eigenvalue weighted by molar-refractivity contribution is 5.80. The monoisotopic (exact) mass is 264 g/mol. The molecule has 0 radical (unpaired) electrons. The van der Waals surface area contributed by atoms with Gasteiger partial charge in [-0.05, 0) is 6.07 Å². The Morgan fingerprint density at radius 3 is 2.44 bits per heavy atom. The Morgan fingerprint density at radius 2 is 2.00 bits per heavy atom. The van der Waals surface area contributed by atoms with E-state index in [9.17, 15) is 27.9 Å². The summed E-state index contributed by atoms with van der Waals surface area (Å²) in [5, 5.41) is 17.8. The van der Waals surface area contributed by atoms with Crippen molar-refractivity contribution in [2.45, 2.75) is 12.7 Å². The normalized spacial score (nSPS) is 12.3. The van der Waals surface area contributed by atoms with Gasteiger partial charge in [0.2, 0.25) is 0 Å². The van der Waals surface area contributed by atoms with Crippen LogP contribution in [0.15, 0.2) is 12.1 Å². The van der Waals surface area contributed by atoms with Gasteiger partial charge >= 0.3 is 12.6 Å². The Hall–Kier alpha value is -2.09. The van der Waals surface area contributed by atoms with Gasteiger partial charge in [0, 0.05) is 11.6 Å². The second kappa shape index (κ2) is 5.50. The first-order valence-corrected chi connectivity index (χ1v) is 4.51. The van der Waals surface area contributed by atoms with Gasteiger partial charge < -0.3 is 14.9 Å². The second-order valence-corrected chi connectivity index (χ2v) is 3.15.